The van der Waals surface area contributed by atoms with E-state index in [2.05, 4.69) is 0 Å². The Kier molecular flexibility index (Phi) is 6.10. The molecular weight excluding hydrogens is 248 g/mol. The van der Waals surface area contributed by atoms with E-state index < -0.39 is 0 Å². The van der Waals surface area contributed by atoms with Gasteiger partial charge in [-0.15, -0.1) is 0 Å². The van der Waals surface area contributed by atoms with Crippen LogP contribution in [0.2, 0.25) is 0 Å². The van der Waals surface area contributed by atoms with Crippen molar-refractivity contribution in [2.24, 2.45) is 0 Å². The molecule has 2 heteroatoms. The van der Waals surface area contributed by atoms with Gasteiger partial charge in [-0.2, -0.15) is 0 Å². The highest BCUT2D eigenvalue weighted by atomic mass is 16.5. The summed E-state index contributed by atoms with van der Waals surface area (Å²) in [6, 6.07) is 12.3. The summed E-state index contributed by atoms with van der Waals surface area (Å²) in [6.45, 7) is 8.19. The molecule has 0 N–H and O–H groups in total. The van der Waals surface area contributed by atoms with Crippen LogP contribution in [0, 0.1) is 27.7 Å². The number of ether oxygens (including phenoxy) is 2. The van der Waals surface area contributed by atoms with Crippen LogP contribution >= 0.6 is 0 Å². The number of hydrogen-bond acceptors (Lipinski definition) is 2. The lowest BCUT2D eigenvalue weighted by atomic mass is 10.1. The van der Waals surface area contributed by atoms with Crippen LogP contribution in [0.4, 0.5) is 0 Å². The average Bonchev–Trinajstić information content (AvgIpc) is 2.40. The van der Waals surface area contributed by atoms with E-state index in [4.69, 9.17) is 9.47 Å². The minimum absolute atomic E-state index is 1.00. The molecule has 0 aliphatic rings. The van der Waals surface area contributed by atoms with Gasteiger partial charge < -0.3 is 9.47 Å². The Morgan fingerprint density at radius 3 is 0.950 bits per heavy atom. The van der Waals surface area contributed by atoms with E-state index in [0.717, 1.165) is 11.5 Å². The summed E-state index contributed by atoms with van der Waals surface area (Å²) in [7, 11) is 3.41. The van der Waals surface area contributed by atoms with Crippen molar-refractivity contribution < 1.29 is 9.47 Å². The fraction of sp³-hybridized carbons (Fsp3) is 0.333. The van der Waals surface area contributed by atoms with Crippen LogP contribution in [0.3, 0.4) is 0 Å². The molecule has 0 saturated heterocycles. The fourth-order valence-electron chi connectivity index (χ4n) is 2.24. The van der Waals surface area contributed by atoms with E-state index in [-0.39, 0.29) is 0 Å². The third-order valence-electron chi connectivity index (χ3n) is 3.23. The van der Waals surface area contributed by atoms with Gasteiger partial charge in [-0.3, -0.25) is 0 Å². The SMILES string of the molecule is COc1c(C)cccc1C.COc1c(C)cccc1C. The van der Waals surface area contributed by atoms with Gasteiger partial charge >= 0.3 is 0 Å². The summed E-state index contributed by atoms with van der Waals surface area (Å²) < 4.78 is 10.4. The van der Waals surface area contributed by atoms with E-state index in [1.807, 2.05) is 64.1 Å². The van der Waals surface area contributed by atoms with Gasteiger partial charge in [0.15, 0.2) is 0 Å². The molecule has 2 rings (SSSR count). The second kappa shape index (κ2) is 7.59. The first-order valence-electron chi connectivity index (χ1n) is 6.71. The zero-order valence-electron chi connectivity index (χ0n) is 13.3. The Hall–Kier alpha value is -1.96. The largest absolute Gasteiger partial charge is 0.496 e. The summed E-state index contributed by atoms with van der Waals surface area (Å²) in [5.41, 5.74) is 4.79. The first-order valence-corrected chi connectivity index (χ1v) is 6.71. The molecule has 2 nitrogen and oxygen atoms in total. The first-order chi connectivity index (χ1) is 9.51. The lowest BCUT2D eigenvalue weighted by Gasteiger charge is -2.06. The van der Waals surface area contributed by atoms with Gasteiger partial charge in [0.25, 0.3) is 0 Å². The van der Waals surface area contributed by atoms with E-state index in [0.29, 0.717) is 0 Å². The minimum atomic E-state index is 1.00. The highest BCUT2D eigenvalue weighted by Crippen LogP contribution is 2.21. The van der Waals surface area contributed by atoms with Crippen LogP contribution < -0.4 is 9.47 Å². The molecule has 0 aromatic heterocycles. The Balaban J connectivity index is 0.000000200. The van der Waals surface area contributed by atoms with Crippen molar-refractivity contribution in [1.82, 2.24) is 0 Å². The molecule has 0 saturated carbocycles. The molecule has 2 aromatic carbocycles. The maximum Gasteiger partial charge on any atom is 0.124 e. The fourth-order valence-corrected chi connectivity index (χ4v) is 2.24. The summed E-state index contributed by atoms with van der Waals surface area (Å²) in [5.74, 6) is 2.00. The second-order valence-corrected chi connectivity index (χ2v) is 4.85. The van der Waals surface area contributed by atoms with Gasteiger partial charge in [0.05, 0.1) is 14.2 Å². The molecule has 0 aliphatic carbocycles. The molecule has 0 atom stereocenters. The summed E-state index contributed by atoms with van der Waals surface area (Å²) in [6.07, 6.45) is 0. The summed E-state index contributed by atoms with van der Waals surface area (Å²) in [5, 5.41) is 0. The standard InChI is InChI=1S/2C9H12O/c2*1-7-5-4-6-8(2)9(7)10-3/h2*4-6H,1-3H3. The Morgan fingerprint density at radius 1 is 0.550 bits per heavy atom. The Bertz CT molecular complexity index is 467. The number of benzene rings is 2. The molecule has 0 aliphatic heterocycles. The minimum Gasteiger partial charge on any atom is -0.496 e. The Labute approximate surface area is 122 Å². The molecule has 0 unspecified atom stereocenters. The predicted molar refractivity (Wildman–Crippen MR) is 84.9 cm³/mol. The normalized spacial score (nSPS) is 9.50. The molecule has 0 bridgehead atoms. The molecule has 108 valence electrons. The van der Waals surface area contributed by atoms with Crippen LogP contribution in [0.5, 0.6) is 11.5 Å². The van der Waals surface area contributed by atoms with E-state index in [1.165, 1.54) is 22.3 Å². The van der Waals surface area contributed by atoms with Crippen molar-refractivity contribution in [3.63, 3.8) is 0 Å². The van der Waals surface area contributed by atoms with Gasteiger partial charge in [-0.25, -0.2) is 0 Å². The first kappa shape index (κ1) is 16.1. The molecule has 0 spiro atoms. The van der Waals surface area contributed by atoms with Crippen LogP contribution in [-0.4, -0.2) is 14.2 Å². The Morgan fingerprint density at radius 2 is 0.800 bits per heavy atom. The summed E-state index contributed by atoms with van der Waals surface area (Å²) in [4.78, 5) is 0. The third kappa shape index (κ3) is 4.02. The van der Waals surface area contributed by atoms with Gasteiger partial charge in [0, 0.05) is 0 Å². The van der Waals surface area contributed by atoms with Gasteiger partial charge in [-0.1, -0.05) is 36.4 Å². The highest BCUT2D eigenvalue weighted by molar-refractivity contribution is 5.40. The molecule has 0 fully saturated rings. The number of rotatable bonds is 2. The molecule has 2 aromatic rings. The number of hydrogen-bond donors (Lipinski definition) is 0. The van der Waals surface area contributed by atoms with Gasteiger partial charge in [0.2, 0.25) is 0 Å². The maximum atomic E-state index is 5.18. The zero-order chi connectivity index (χ0) is 15.1. The molecule has 20 heavy (non-hydrogen) atoms. The van der Waals surface area contributed by atoms with Crippen molar-refractivity contribution in [2.75, 3.05) is 14.2 Å². The van der Waals surface area contributed by atoms with Crippen LogP contribution in [0.15, 0.2) is 36.4 Å². The predicted octanol–water partition coefficient (Wildman–Crippen LogP) is 4.62. The van der Waals surface area contributed by atoms with Gasteiger partial charge in [-0.05, 0) is 49.9 Å². The van der Waals surface area contributed by atoms with E-state index in [1.54, 1.807) is 14.2 Å². The lowest BCUT2D eigenvalue weighted by molar-refractivity contribution is 0.408. The maximum absolute atomic E-state index is 5.18. The third-order valence-corrected chi connectivity index (χ3v) is 3.23. The number of methoxy groups -OCH3 is 2. The second-order valence-electron chi connectivity index (χ2n) is 4.85. The lowest BCUT2D eigenvalue weighted by Crippen LogP contribution is -1.89. The number of para-hydroxylation sites is 2. The topological polar surface area (TPSA) is 18.5 Å². The average molecular weight is 272 g/mol. The van der Waals surface area contributed by atoms with E-state index >= 15 is 0 Å². The van der Waals surface area contributed by atoms with Gasteiger partial charge in [0.1, 0.15) is 11.5 Å². The van der Waals surface area contributed by atoms with E-state index in [9.17, 15) is 0 Å². The van der Waals surface area contributed by atoms with Crippen LogP contribution in [0.1, 0.15) is 22.3 Å². The molecular formula is C18H24O2. The number of aryl methyl sites for hydroxylation is 4. The quantitative estimate of drug-likeness (QED) is 0.794. The summed E-state index contributed by atoms with van der Waals surface area (Å²) >= 11 is 0. The van der Waals surface area contributed by atoms with Crippen molar-refractivity contribution in [2.45, 2.75) is 27.7 Å². The molecule has 0 heterocycles. The van der Waals surface area contributed by atoms with Crippen molar-refractivity contribution in [3.05, 3.63) is 58.7 Å². The molecule has 0 amide bonds. The van der Waals surface area contributed by atoms with Crippen LogP contribution in [-0.2, 0) is 0 Å². The smallest absolute Gasteiger partial charge is 0.124 e. The van der Waals surface area contributed by atoms with Crippen LogP contribution in [0.25, 0.3) is 0 Å². The zero-order valence-corrected chi connectivity index (χ0v) is 13.3. The highest BCUT2D eigenvalue weighted by Gasteiger charge is 1.99. The monoisotopic (exact) mass is 272 g/mol. The van der Waals surface area contributed by atoms with Crippen molar-refractivity contribution in [1.29, 1.82) is 0 Å². The van der Waals surface area contributed by atoms with Crippen molar-refractivity contribution in [3.8, 4) is 11.5 Å². The molecule has 0 radical (unpaired) electrons. The van der Waals surface area contributed by atoms with Crippen molar-refractivity contribution >= 4 is 0 Å².